The van der Waals surface area contributed by atoms with Gasteiger partial charge in [-0.3, -0.25) is 0 Å². The number of rotatable bonds is 6. The van der Waals surface area contributed by atoms with Gasteiger partial charge in [0.2, 0.25) is 0 Å². The lowest BCUT2D eigenvalue weighted by molar-refractivity contribution is 0.990. The number of fused-ring (bicyclic) bond motifs is 6. The lowest BCUT2D eigenvalue weighted by atomic mass is 9.87. The molecule has 10 rings (SSSR count). The topological polar surface area (TPSA) is 3.24 Å². The van der Waals surface area contributed by atoms with E-state index >= 15 is 0 Å². The molecule has 9 aromatic rings. The van der Waals surface area contributed by atoms with E-state index in [9.17, 15) is 0 Å². The van der Waals surface area contributed by atoms with Crippen LogP contribution < -0.4 is 4.90 Å². The van der Waals surface area contributed by atoms with Crippen LogP contribution in [0.15, 0.2) is 194 Å². The fraction of sp³-hybridized carbons (Fsp3) is 0.0385. The van der Waals surface area contributed by atoms with Gasteiger partial charge in [0.1, 0.15) is 0 Å². The standard InChI is InChI=1S/C52H37N/c1-2-12-36(13-3-1)37-22-28-42(29-23-37)53(43-30-24-38(25-31-43)51-34-40-14-4-6-16-45(40)47-18-8-10-20-49(47)51)44-32-26-39(27-33-44)52-35-41-15-5-7-17-46(41)48-19-9-11-21-50(48)52/h1-4,6-14,16-35H,5,15H2. The Hall–Kier alpha value is -6.70. The van der Waals surface area contributed by atoms with Crippen LogP contribution in [0.4, 0.5) is 17.1 Å². The van der Waals surface area contributed by atoms with E-state index in [0.29, 0.717) is 0 Å². The number of hydrogen-bond acceptors (Lipinski definition) is 1. The van der Waals surface area contributed by atoms with Crippen LogP contribution in [0.25, 0.3) is 71.8 Å². The van der Waals surface area contributed by atoms with Crippen molar-refractivity contribution in [2.75, 3.05) is 4.90 Å². The molecule has 0 saturated carbocycles. The van der Waals surface area contributed by atoms with Gasteiger partial charge >= 0.3 is 0 Å². The van der Waals surface area contributed by atoms with Crippen molar-refractivity contribution in [1.82, 2.24) is 0 Å². The lowest BCUT2D eigenvalue weighted by Gasteiger charge is -2.26. The van der Waals surface area contributed by atoms with E-state index in [1.165, 1.54) is 76.8 Å². The Morgan fingerprint density at radius 2 is 0.830 bits per heavy atom. The Bertz CT molecular complexity index is 2790. The fourth-order valence-electron chi connectivity index (χ4n) is 8.29. The molecule has 0 spiro atoms. The van der Waals surface area contributed by atoms with E-state index in [1.807, 2.05) is 0 Å². The number of aryl methyl sites for hydroxylation is 1. The molecule has 0 heterocycles. The highest BCUT2D eigenvalue weighted by Gasteiger charge is 2.17. The molecule has 0 saturated heterocycles. The molecule has 0 bridgehead atoms. The SMILES string of the molecule is C1=Cc2c(cc(-c3ccc(N(c4ccc(-c5ccccc5)cc4)c4ccc(-c5cc6ccccc6c6ccccc56)cc4)cc3)c3ccccc23)CC1. The average molecular weight is 676 g/mol. The zero-order valence-corrected chi connectivity index (χ0v) is 29.4. The highest BCUT2D eigenvalue weighted by atomic mass is 15.1. The molecule has 1 heteroatoms. The molecule has 1 aliphatic rings. The van der Waals surface area contributed by atoms with Gasteiger partial charge in [-0.1, -0.05) is 152 Å². The smallest absolute Gasteiger partial charge is 0.0462 e. The van der Waals surface area contributed by atoms with Crippen molar-refractivity contribution in [3.8, 4) is 33.4 Å². The van der Waals surface area contributed by atoms with E-state index < -0.39 is 0 Å². The lowest BCUT2D eigenvalue weighted by Crippen LogP contribution is -2.09. The van der Waals surface area contributed by atoms with E-state index in [-0.39, 0.29) is 0 Å². The molecule has 0 atom stereocenters. The van der Waals surface area contributed by atoms with Crippen LogP contribution >= 0.6 is 0 Å². The number of anilines is 3. The van der Waals surface area contributed by atoms with Crippen molar-refractivity contribution in [2.45, 2.75) is 12.8 Å². The third kappa shape index (κ3) is 5.59. The maximum Gasteiger partial charge on any atom is 0.0462 e. The number of allylic oxidation sites excluding steroid dienone is 1. The molecule has 0 aromatic heterocycles. The predicted octanol–water partition coefficient (Wildman–Crippen LogP) is 14.6. The van der Waals surface area contributed by atoms with Crippen molar-refractivity contribution >= 4 is 55.5 Å². The molecule has 0 aliphatic heterocycles. The maximum atomic E-state index is 2.42. The third-order valence-electron chi connectivity index (χ3n) is 10.9. The van der Waals surface area contributed by atoms with Gasteiger partial charge in [-0.2, -0.15) is 0 Å². The summed E-state index contributed by atoms with van der Waals surface area (Å²) in [5, 5.41) is 7.74. The third-order valence-corrected chi connectivity index (χ3v) is 10.9. The quantitative estimate of drug-likeness (QED) is 0.159. The van der Waals surface area contributed by atoms with Crippen LogP contribution in [0.5, 0.6) is 0 Å². The van der Waals surface area contributed by atoms with Crippen LogP contribution in [0.3, 0.4) is 0 Å². The van der Waals surface area contributed by atoms with Crippen LogP contribution in [-0.2, 0) is 6.42 Å². The molecule has 53 heavy (non-hydrogen) atoms. The van der Waals surface area contributed by atoms with Gasteiger partial charge in [-0.25, -0.2) is 0 Å². The Morgan fingerprint density at radius 1 is 0.358 bits per heavy atom. The molecular formula is C52H37N. The summed E-state index contributed by atoms with van der Waals surface area (Å²) < 4.78 is 0. The molecule has 1 aliphatic carbocycles. The molecular weight excluding hydrogens is 639 g/mol. The van der Waals surface area contributed by atoms with Crippen LogP contribution in [0.1, 0.15) is 17.5 Å². The van der Waals surface area contributed by atoms with E-state index in [4.69, 9.17) is 0 Å². The summed E-state index contributed by atoms with van der Waals surface area (Å²) in [6.07, 6.45) is 6.79. The second-order valence-corrected chi connectivity index (χ2v) is 14.0. The Morgan fingerprint density at radius 3 is 1.47 bits per heavy atom. The summed E-state index contributed by atoms with van der Waals surface area (Å²) in [6.45, 7) is 0. The molecule has 0 radical (unpaired) electrons. The van der Waals surface area contributed by atoms with Crippen molar-refractivity contribution in [1.29, 1.82) is 0 Å². The second kappa shape index (κ2) is 13.1. The van der Waals surface area contributed by atoms with Gasteiger partial charge in [0.25, 0.3) is 0 Å². The minimum atomic E-state index is 1.08. The minimum absolute atomic E-state index is 1.08. The first-order valence-electron chi connectivity index (χ1n) is 18.6. The van der Waals surface area contributed by atoms with Gasteiger partial charge in [-0.15, -0.1) is 0 Å². The summed E-state index contributed by atoms with van der Waals surface area (Å²) in [4.78, 5) is 2.37. The predicted molar refractivity (Wildman–Crippen MR) is 227 cm³/mol. The normalized spacial score (nSPS) is 12.3. The summed E-state index contributed by atoms with van der Waals surface area (Å²) in [5.41, 5.74) is 13.6. The summed E-state index contributed by atoms with van der Waals surface area (Å²) in [6, 6.07) is 68.9. The summed E-state index contributed by atoms with van der Waals surface area (Å²) >= 11 is 0. The minimum Gasteiger partial charge on any atom is -0.311 e. The van der Waals surface area contributed by atoms with E-state index in [0.717, 1.165) is 29.9 Å². The van der Waals surface area contributed by atoms with Gasteiger partial charge in [0.05, 0.1) is 0 Å². The van der Waals surface area contributed by atoms with Crippen molar-refractivity contribution in [3.63, 3.8) is 0 Å². The first kappa shape index (κ1) is 31.1. The number of nitrogens with zero attached hydrogens (tertiary/aromatic N) is 1. The van der Waals surface area contributed by atoms with Crippen LogP contribution in [-0.4, -0.2) is 0 Å². The van der Waals surface area contributed by atoms with Gasteiger partial charge in [-0.05, 0) is 138 Å². The molecule has 0 fully saturated rings. The fourth-order valence-corrected chi connectivity index (χ4v) is 8.29. The van der Waals surface area contributed by atoms with Crippen molar-refractivity contribution in [3.05, 3.63) is 205 Å². The Labute approximate surface area is 310 Å². The van der Waals surface area contributed by atoms with E-state index in [2.05, 4.69) is 205 Å². The molecule has 1 nitrogen and oxygen atoms in total. The Kier molecular flexibility index (Phi) is 7.69. The zero-order chi connectivity index (χ0) is 35.1. The van der Waals surface area contributed by atoms with Gasteiger partial charge < -0.3 is 4.90 Å². The first-order chi connectivity index (χ1) is 26.3. The van der Waals surface area contributed by atoms with Crippen LogP contribution in [0.2, 0.25) is 0 Å². The van der Waals surface area contributed by atoms with Crippen LogP contribution in [0, 0.1) is 0 Å². The number of benzene rings is 9. The van der Waals surface area contributed by atoms with Crippen molar-refractivity contribution < 1.29 is 0 Å². The highest BCUT2D eigenvalue weighted by Crippen LogP contribution is 2.41. The molecule has 9 aromatic carbocycles. The Balaban J connectivity index is 1.07. The number of hydrogen-bond donors (Lipinski definition) is 0. The highest BCUT2D eigenvalue weighted by molar-refractivity contribution is 6.13. The molecule has 0 N–H and O–H groups in total. The molecule has 250 valence electrons. The van der Waals surface area contributed by atoms with Crippen molar-refractivity contribution in [2.24, 2.45) is 0 Å². The van der Waals surface area contributed by atoms with E-state index in [1.54, 1.807) is 0 Å². The monoisotopic (exact) mass is 675 g/mol. The second-order valence-electron chi connectivity index (χ2n) is 14.0. The molecule has 0 amide bonds. The average Bonchev–Trinajstić information content (AvgIpc) is 3.24. The largest absolute Gasteiger partial charge is 0.311 e. The first-order valence-corrected chi connectivity index (χ1v) is 18.6. The maximum absolute atomic E-state index is 2.42. The summed E-state index contributed by atoms with van der Waals surface area (Å²) in [5.74, 6) is 0. The molecule has 0 unspecified atom stereocenters. The summed E-state index contributed by atoms with van der Waals surface area (Å²) in [7, 11) is 0. The van der Waals surface area contributed by atoms with Gasteiger partial charge in [0, 0.05) is 17.1 Å². The zero-order valence-electron chi connectivity index (χ0n) is 29.4. The van der Waals surface area contributed by atoms with Gasteiger partial charge in [0.15, 0.2) is 0 Å².